The number of aliphatic hydroxyl groups excluding tert-OH is 2. The van der Waals surface area contributed by atoms with Crippen molar-refractivity contribution in [2.24, 2.45) is 0 Å². The van der Waals surface area contributed by atoms with E-state index in [0.717, 1.165) is 11.1 Å². The highest BCUT2D eigenvalue weighted by Gasteiger charge is 2.46. The third-order valence-electron chi connectivity index (χ3n) is 5.61. The smallest absolute Gasteiger partial charge is 0.329 e. The molecule has 0 aliphatic carbocycles. The number of amides is 2. The standard InChI is InChI=1S/C25H30N2O3/c1-17(2)26-21(15-19-11-7-5-8-12-19)23(28)24(29)22(27(18(3)4)25(26)30)16-20-13-9-6-10-14-20/h5-14,21-24,28-29H,1,3,15-16H2,2,4H3/t21-,22-,23+,24+/m1/s1. The van der Waals surface area contributed by atoms with Crippen LogP contribution in [0.25, 0.3) is 0 Å². The number of carbonyl (C=O) groups is 1. The zero-order valence-electron chi connectivity index (χ0n) is 17.6. The fourth-order valence-electron chi connectivity index (χ4n) is 4.19. The molecule has 0 bridgehead atoms. The molecule has 1 aliphatic heterocycles. The van der Waals surface area contributed by atoms with Gasteiger partial charge in [-0.15, -0.1) is 0 Å². The lowest BCUT2D eigenvalue weighted by Gasteiger charge is -2.35. The second kappa shape index (κ2) is 9.28. The van der Waals surface area contributed by atoms with Crippen molar-refractivity contribution in [3.8, 4) is 0 Å². The molecule has 2 N–H and O–H groups in total. The van der Waals surface area contributed by atoms with E-state index < -0.39 is 24.3 Å². The van der Waals surface area contributed by atoms with Crippen molar-refractivity contribution < 1.29 is 15.0 Å². The summed E-state index contributed by atoms with van der Waals surface area (Å²) >= 11 is 0. The van der Waals surface area contributed by atoms with Gasteiger partial charge in [0.15, 0.2) is 0 Å². The molecular weight excluding hydrogens is 376 g/mol. The number of allylic oxidation sites excluding steroid dienone is 2. The van der Waals surface area contributed by atoms with Gasteiger partial charge < -0.3 is 10.2 Å². The molecule has 30 heavy (non-hydrogen) atoms. The number of urea groups is 1. The number of rotatable bonds is 6. The average Bonchev–Trinajstić information content (AvgIpc) is 2.79. The molecule has 2 amide bonds. The maximum atomic E-state index is 13.6. The van der Waals surface area contributed by atoms with Gasteiger partial charge in [0.05, 0.1) is 12.1 Å². The molecule has 1 heterocycles. The Morgan fingerprint density at radius 3 is 1.40 bits per heavy atom. The van der Waals surface area contributed by atoms with Crippen molar-refractivity contribution in [3.63, 3.8) is 0 Å². The van der Waals surface area contributed by atoms with Crippen LogP contribution in [-0.2, 0) is 12.8 Å². The van der Waals surface area contributed by atoms with Gasteiger partial charge >= 0.3 is 6.03 Å². The van der Waals surface area contributed by atoms with Crippen LogP contribution in [0.15, 0.2) is 85.2 Å². The summed E-state index contributed by atoms with van der Waals surface area (Å²) in [6, 6.07) is 17.7. The van der Waals surface area contributed by atoms with Gasteiger partial charge in [0.1, 0.15) is 12.2 Å². The van der Waals surface area contributed by atoms with Crippen molar-refractivity contribution in [3.05, 3.63) is 96.3 Å². The molecule has 5 heteroatoms. The molecule has 5 nitrogen and oxygen atoms in total. The van der Waals surface area contributed by atoms with E-state index in [4.69, 9.17) is 0 Å². The molecule has 2 aromatic rings. The first-order valence-electron chi connectivity index (χ1n) is 10.2. The Bertz CT molecular complexity index is 824. The summed E-state index contributed by atoms with van der Waals surface area (Å²) < 4.78 is 0. The second-order valence-electron chi connectivity index (χ2n) is 7.99. The summed E-state index contributed by atoms with van der Waals surface area (Å²) in [5, 5.41) is 22.4. The number of carbonyl (C=O) groups excluding carboxylic acids is 1. The molecule has 158 valence electrons. The minimum absolute atomic E-state index is 0.326. The first kappa shape index (κ1) is 21.8. The monoisotopic (exact) mass is 406 g/mol. The van der Waals surface area contributed by atoms with E-state index >= 15 is 0 Å². The summed E-state index contributed by atoms with van der Waals surface area (Å²) in [6.07, 6.45) is -1.49. The highest BCUT2D eigenvalue weighted by atomic mass is 16.3. The van der Waals surface area contributed by atoms with Crippen LogP contribution < -0.4 is 0 Å². The largest absolute Gasteiger partial charge is 0.388 e. The number of aliphatic hydroxyl groups is 2. The highest BCUT2D eigenvalue weighted by Crippen LogP contribution is 2.31. The van der Waals surface area contributed by atoms with E-state index in [-0.39, 0.29) is 6.03 Å². The van der Waals surface area contributed by atoms with Crippen molar-refractivity contribution in [2.45, 2.75) is 51.0 Å². The van der Waals surface area contributed by atoms with Gasteiger partial charge in [-0.2, -0.15) is 0 Å². The molecule has 0 saturated carbocycles. The second-order valence-corrected chi connectivity index (χ2v) is 7.99. The normalized spacial score (nSPS) is 24.5. The topological polar surface area (TPSA) is 64.0 Å². The molecule has 0 unspecified atom stereocenters. The Kier molecular flexibility index (Phi) is 6.75. The van der Waals surface area contributed by atoms with Crippen molar-refractivity contribution in [1.82, 2.24) is 9.80 Å². The molecule has 3 rings (SSSR count). The van der Waals surface area contributed by atoms with Crippen LogP contribution in [0.2, 0.25) is 0 Å². The van der Waals surface area contributed by atoms with Crippen molar-refractivity contribution in [1.29, 1.82) is 0 Å². The lowest BCUT2D eigenvalue weighted by Crippen LogP contribution is -2.50. The van der Waals surface area contributed by atoms with Crippen LogP contribution in [0.3, 0.4) is 0 Å². The molecule has 0 radical (unpaired) electrons. The van der Waals surface area contributed by atoms with Gasteiger partial charge in [-0.1, -0.05) is 73.8 Å². The first-order valence-corrected chi connectivity index (χ1v) is 10.2. The third kappa shape index (κ3) is 4.48. The molecule has 1 saturated heterocycles. The fraction of sp³-hybridized carbons (Fsp3) is 0.320. The molecular formula is C25H30N2O3. The molecule has 4 atom stereocenters. The van der Waals surface area contributed by atoms with Gasteiger partial charge in [0, 0.05) is 11.4 Å². The Balaban J connectivity index is 2.04. The van der Waals surface area contributed by atoms with Crippen LogP contribution in [0.5, 0.6) is 0 Å². The quantitative estimate of drug-likeness (QED) is 0.768. The predicted octanol–water partition coefficient (Wildman–Crippen LogP) is 3.74. The SMILES string of the molecule is C=C(C)N1C(=O)N(C(=C)C)[C@H](Cc2ccccc2)[C@H](O)[C@@H](O)[C@H]1Cc1ccccc1. The Labute approximate surface area is 178 Å². The van der Waals surface area contributed by atoms with E-state index in [1.807, 2.05) is 60.7 Å². The summed E-state index contributed by atoms with van der Waals surface area (Å²) in [4.78, 5) is 16.6. The van der Waals surface area contributed by atoms with Gasteiger partial charge in [-0.3, -0.25) is 9.80 Å². The van der Waals surface area contributed by atoms with Crippen LogP contribution in [0.1, 0.15) is 25.0 Å². The number of hydrogen-bond donors (Lipinski definition) is 2. The number of hydrogen-bond acceptors (Lipinski definition) is 3. The summed E-state index contributed by atoms with van der Waals surface area (Å²) in [5.74, 6) is 0. The molecule has 0 aromatic heterocycles. The fourth-order valence-corrected chi connectivity index (χ4v) is 4.19. The van der Waals surface area contributed by atoms with E-state index in [9.17, 15) is 15.0 Å². The van der Waals surface area contributed by atoms with Crippen molar-refractivity contribution in [2.75, 3.05) is 0 Å². The van der Waals surface area contributed by atoms with Crippen LogP contribution in [0.4, 0.5) is 4.79 Å². The van der Waals surface area contributed by atoms with Crippen LogP contribution in [0, 0.1) is 0 Å². The van der Waals surface area contributed by atoms with Gasteiger partial charge in [0.25, 0.3) is 0 Å². The minimum Gasteiger partial charge on any atom is -0.388 e. The number of nitrogens with zero attached hydrogens (tertiary/aromatic N) is 2. The first-order chi connectivity index (χ1) is 14.3. The Morgan fingerprint density at radius 1 is 0.767 bits per heavy atom. The van der Waals surface area contributed by atoms with E-state index in [0.29, 0.717) is 24.2 Å². The van der Waals surface area contributed by atoms with Crippen molar-refractivity contribution >= 4 is 6.03 Å². The van der Waals surface area contributed by atoms with Gasteiger partial charge in [-0.25, -0.2) is 4.79 Å². The lowest BCUT2D eigenvalue weighted by atomic mass is 9.91. The lowest BCUT2D eigenvalue weighted by molar-refractivity contribution is -0.0340. The molecule has 1 aliphatic rings. The highest BCUT2D eigenvalue weighted by molar-refractivity contribution is 5.79. The summed E-state index contributed by atoms with van der Waals surface area (Å²) in [5.41, 5.74) is 2.96. The zero-order valence-corrected chi connectivity index (χ0v) is 17.6. The third-order valence-corrected chi connectivity index (χ3v) is 5.61. The van der Waals surface area contributed by atoms with Crippen LogP contribution >= 0.6 is 0 Å². The summed E-state index contributed by atoms with van der Waals surface area (Å²) in [6.45, 7) is 11.4. The van der Waals surface area contributed by atoms with E-state index in [2.05, 4.69) is 13.2 Å². The Hall–Kier alpha value is -2.89. The average molecular weight is 407 g/mol. The maximum absolute atomic E-state index is 13.6. The molecule has 0 spiro atoms. The van der Waals surface area contributed by atoms with E-state index in [1.165, 1.54) is 9.80 Å². The van der Waals surface area contributed by atoms with Gasteiger partial charge in [-0.05, 0) is 37.8 Å². The Morgan fingerprint density at radius 2 is 1.10 bits per heavy atom. The summed E-state index contributed by atoms with van der Waals surface area (Å²) in [7, 11) is 0. The molecule has 2 aromatic carbocycles. The van der Waals surface area contributed by atoms with E-state index in [1.54, 1.807) is 13.8 Å². The maximum Gasteiger partial charge on any atom is 0.329 e. The zero-order chi connectivity index (χ0) is 21.8. The van der Waals surface area contributed by atoms with Crippen LogP contribution in [-0.4, -0.2) is 50.3 Å². The minimum atomic E-state index is -1.15. The molecule has 1 fully saturated rings. The number of benzene rings is 2. The van der Waals surface area contributed by atoms with Gasteiger partial charge in [0.2, 0.25) is 0 Å². The predicted molar refractivity (Wildman–Crippen MR) is 119 cm³/mol.